The number of halogens is 1. The highest BCUT2D eigenvalue weighted by molar-refractivity contribution is 6.17. The normalized spacial score (nSPS) is 12.5. The highest BCUT2D eigenvalue weighted by atomic mass is 35.5. The van der Waals surface area contributed by atoms with Crippen LogP contribution in [0.4, 0.5) is 0 Å². The van der Waals surface area contributed by atoms with E-state index >= 15 is 0 Å². The van der Waals surface area contributed by atoms with Crippen LogP contribution in [0, 0.1) is 0 Å². The Balaban J connectivity index is 3.22. The molecule has 13 heavy (non-hydrogen) atoms. The van der Waals surface area contributed by atoms with Crippen molar-refractivity contribution in [3.63, 3.8) is 0 Å². The fourth-order valence-corrected chi connectivity index (χ4v) is 1.54. The number of aldehydes is 1. The fourth-order valence-electron chi connectivity index (χ4n) is 1.31. The van der Waals surface area contributed by atoms with E-state index in [4.69, 9.17) is 11.6 Å². The van der Waals surface area contributed by atoms with Crippen LogP contribution in [0.15, 0.2) is 18.2 Å². The number of phenols is 1. The predicted octanol–water partition coefficient (Wildman–Crippen LogP) is 2.43. The zero-order valence-corrected chi connectivity index (χ0v) is 8.08. The average molecular weight is 199 g/mol. The zero-order valence-electron chi connectivity index (χ0n) is 7.33. The van der Waals surface area contributed by atoms with Gasteiger partial charge < -0.3 is 9.90 Å². The first-order chi connectivity index (χ1) is 6.20. The van der Waals surface area contributed by atoms with Crippen LogP contribution in [0.25, 0.3) is 0 Å². The van der Waals surface area contributed by atoms with Crippen molar-refractivity contribution in [2.75, 3.05) is 0 Å². The van der Waals surface area contributed by atoms with Crippen molar-refractivity contribution in [3.8, 4) is 5.75 Å². The third-order valence-corrected chi connectivity index (χ3v) is 2.26. The summed E-state index contributed by atoms with van der Waals surface area (Å²) < 4.78 is 0. The molecular weight excluding hydrogens is 188 g/mol. The molecule has 0 aromatic heterocycles. The lowest BCUT2D eigenvalue weighted by Gasteiger charge is -2.11. The molecule has 0 fully saturated rings. The van der Waals surface area contributed by atoms with E-state index in [0.29, 0.717) is 11.4 Å². The molecule has 0 amide bonds. The number of alkyl halides is 1. The fraction of sp³-hybridized carbons (Fsp3) is 0.300. The molecule has 0 bridgehead atoms. The number of carbonyl (C=O) groups is 1. The first-order valence-electron chi connectivity index (χ1n) is 4.02. The van der Waals surface area contributed by atoms with Crippen LogP contribution in [-0.2, 0) is 10.7 Å². The molecule has 1 rings (SSSR count). The van der Waals surface area contributed by atoms with Crippen molar-refractivity contribution in [1.29, 1.82) is 0 Å². The summed E-state index contributed by atoms with van der Waals surface area (Å²) in [5.74, 6) is 0.134. The van der Waals surface area contributed by atoms with Gasteiger partial charge in [-0.3, -0.25) is 0 Å². The number of hydrogen-bond acceptors (Lipinski definition) is 2. The van der Waals surface area contributed by atoms with Gasteiger partial charge in [0.25, 0.3) is 0 Å². The van der Waals surface area contributed by atoms with Crippen LogP contribution < -0.4 is 0 Å². The van der Waals surface area contributed by atoms with Gasteiger partial charge in [-0.2, -0.15) is 0 Å². The second kappa shape index (κ2) is 4.28. The second-order valence-corrected chi connectivity index (χ2v) is 3.18. The Morgan fingerprint density at radius 3 is 2.85 bits per heavy atom. The lowest BCUT2D eigenvalue weighted by atomic mass is 9.97. The predicted molar refractivity (Wildman–Crippen MR) is 52.1 cm³/mol. The minimum Gasteiger partial charge on any atom is -0.508 e. The van der Waals surface area contributed by atoms with E-state index in [1.807, 2.05) is 6.07 Å². The van der Waals surface area contributed by atoms with Gasteiger partial charge in [-0.15, -0.1) is 11.6 Å². The van der Waals surface area contributed by atoms with E-state index in [1.54, 1.807) is 19.1 Å². The number of benzene rings is 1. The molecule has 0 aliphatic rings. The molecule has 0 saturated carbocycles. The molecule has 1 aromatic carbocycles. The van der Waals surface area contributed by atoms with E-state index < -0.39 is 0 Å². The van der Waals surface area contributed by atoms with Crippen LogP contribution >= 0.6 is 11.6 Å². The van der Waals surface area contributed by atoms with Gasteiger partial charge in [0, 0.05) is 17.4 Å². The Morgan fingerprint density at radius 1 is 1.62 bits per heavy atom. The van der Waals surface area contributed by atoms with Crippen molar-refractivity contribution in [1.82, 2.24) is 0 Å². The maximum absolute atomic E-state index is 10.6. The van der Waals surface area contributed by atoms with Crippen molar-refractivity contribution in [2.24, 2.45) is 0 Å². The summed E-state index contributed by atoms with van der Waals surface area (Å²) in [6.07, 6.45) is 0.797. The van der Waals surface area contributed by atoms with Crippen molar-refractivity contribution >= 4 is 17.9 Å². The minimum atomic E-state index is -0.310. The van der Waals surface area contributed by atoms with Crippen LogP contribution in [0.5, 0.6) is 5.75 Å². The first kappa shape index (κ1) is 10.1. The average Bonchev–Trinajstić information content (AvgIpc) is 2.16. The van der Waals surface area contributed by atoms with Gasteiger partial charge in [-0.1, -0.05) is 19.1 Å². The first-order valence-corrected chi connectivity index (χ1v) is 4.56. The Labute approximate surface area is 82.2 Å². The lowest BCUT2D eigenvalue weighted by molar-refractivity contribution is -0.108. The van der Waals surface area contributed by atoms with Crippen LogP contribution in [0.2, 0.25) is 0 Å². The number of hydrogen-bond donors (Lipinski definition) is 1. The standard InChI is InChI=1S/C10H11ClO2/c1-7(6-12)10-8(5-11)3-2-4-9(10)13/h2-4,6-7,13H,5H2,1H3. The topological polar surface area (TPSA) is 37.3 Å². The maximum Gasteiger partial charge on any atom is 0.127 e. The highest BCUT2D eigenvalue weighted by Gasteiger charge is 2.13. The summed E-state index contributed by atoms with van der Waals surface area (Å²) in [6.45, 7) is 1.73. The molecule has 2 nitrogen and oxygen atoms in total. The Kier molecular flexibility index (Phi) is 3.32. The molecule has 0 radical (unpaired) electrons. The molecule has 0 aliphatic heterocycles. The smallest absolute Gasteiger partial charge is 0.127 e. The molecule has 70 valence electrons. The molecule has 0 saturated heterocycles. The highest BCUT2D eigenvalue weighted by Crippen LogP contribution is 2.28. The van der Waals surface area contributed by atoms with Gasteiger partial charge in [0.2, 0.25) is 0 Å². The summed E-state index contributed by atoms with van der Waals surface area (Å²) in [7, 11) is 0. The minimum absolute atomic E-state index is 0.137. The largest absolute Gasteiger partial charge is 0.508 e. The molecule has 1 atom stereocenters. The number of carbonyl (C=O) groups excluding carboxylic acids is 1. The van der Waals surface area contributed by atoms with Gasteiger partial charge >= 0.3 is 0 Å². The van der Waals surface area contributed by atoms with Crippen molar-refractivity contribution in [2.45, 2.75) is 18.7 Å². The third kappa shape index (κ3) is 2.01. The Morgan fingerprint density at radius 2 is 2.31 bits per heavy atom. The van der Waals surface area contributed by atoms with Crippen LogP contribution in [0.1, 0.15) is 24.0 Å². The van der Waals surface area contributed by atoms with E-state index in [9.17, 15) is 9.90 Å². The molecule has 3 heteroatoms. The van der Waals surface area contributed by atoms with Gasteiger partial charge in [-0.25, -0.2) is 0 Å². The Bertz CT molecular complexity index is 310. The summed E-state index contributed by atoms with van der Waals surface area (Å²) >= 11 is 5.68. The van der Waals surface area contributed by atoms with E-state index in [-0.39, 0.29) is 11.7 Å². The van der Waals surface area contributed by atoms with Crippen molar-refractivity contribution in [3.05, 3.63) is 29.3 Å². The summed E-state index contributed by atoms with van der Waals surface area (Å²) in [6, 6.07) is 5.08. The number of rotatable bonds is 3. The summed E-state index contributed by atoms with van der Waals surface area (Å²) in [5, 5.41) is 9.51. The quantitative estimate of drug-likeness (QED) is 0.598. The maximum atomic E-state index is 10.6. The Hall–Kier alpha value is -1.02. The van der Waals surface area contributed by atoms with E-state index in [2.05, 4.69) is 0 Å². The van der Waals surface area contributed by atoms with E-state index in [0.717, 1.165) is 11.8 Å². The molecule has 0 heterocycles. The lowest BCUT2D eigenvalue weighted by Crippen LogP contribution is -1.99. The monoisotopic (exact) mass is 198 g/mol. The number of phenolic OH excluding ortho intramolecular Hbond substituents is 1. The van der Waals surface area contributed by atoms with Crippen LogP contribution in [0.3, 0.4) is 0 Å². The van der Waals surface area contributed by atoms with Crippen molar-refractivity contribution < 1.29 is 9.90 Å². The molecule has 0 aliphatic carbocycles. The summed E-state index contributed by atoms with van der Waals surface area (Å²) in [4.78, 5) is 10.6. The zero-order chi connectivity index (χ0) is 9.84. The van der Waals surface area contributed by atoms with Gasteiger partial charge in [0.15, 0.2) is 0 Å². The van der Waals surface area contributed by atoms with Gasteiger partial charge in [0.05, 0.1) is 0 Å². The van der Waals surface area contributed by atoms with Gasteiger partial charge in [0.1, 0.15) is 12.0 Å². The van der Waals surface area contributed by atoms with E-state index in [1.165, 1.54) is 0 Å². The second-order valence-electron chi connectivity index (χ2n) is 2.91. The van der Waals surface area contributed by atoms with Crippen LogP contribution in [-0.4, -0.2) is 11.4 Å². The van der Waals surface area contributed by atoms with Gasteiger partial charge in [-0.05, 0) is 11.6 Å². The number of aromatic hydroxyl groups is 1. The molecule has 1 unspecified atom stereocenters. The third-order valence-electron chi connectivity index (χ3n) is 1.98. The molecule has 1 aromatic rings. The summed E-state index contributed by atoms with van der Waals surface area (Å²) in [5.41, 5.74) is 1.44. The molecular formula is C10H11ClO2. The molecule has 1 N–H and O–H groups in total. The molecule has 0 spiro atoms. The SMILES string of the molecule is CC(C=O)c1c(O)cccc1CCl.